The van der Waals surface area contributed by atoms with Crippen molar-refractivity contribution in [2.45, 2.75) is 13.3 Å². The van der Waals surface area contributed by atoms with E-state index in [2.05, 4.69) is 11.8 Å². The van der Waals surface area contributed by atoms with E-state index in [9.17, 15) is 9.18 Å². The Balaban J connectivity index is 2.48. The molecule has 1 rings (SSSR count). The smallest absolute Gasteiger partial charge is 0.306 e. The summed E-state index contributed by atoms with van der Waals surface area (Å²) in [6.07, 6.45) is 0.335. The summed E-state index contributed by atoms with van der Waals surface area (Å²) in [4.78, 5) is 10.7. The van der Waals surface area contributed by atoms with Crippen LogP contribution in [0, 0.1) is 17.7 Å². The Bertz CT molecular complexity index is 402. The molecule has 15 heavy (non-hydrogen) atoms. The minimum Gasteiger partial charge on any atom is -0.452 e. The third-order valence-electron chi connectivity index (χ3n) is 1.65. The number of hydrogen-bond donors (Lipinski definition) is 0. The van der Waals surface area contributed by atoms with Crippen molar-refractivity contribution in [2.24, 2.45) is 0 Å². The fourth-order valence-corrected chi connectivity index (χ4v) is 0.923. The molecule has 0 spiro atoms. The molecular weight excluding hydrogens is 195 g/mol. The molecule has 0 saturated carbocycles. The van der Waals surface area contributed by atoms with E-state index in [1.54, 1.807) is 19.1 Å². The lowest BCUT2D eigenvalue weighted by atomic mass is 10.2. The van der Waals surface area contributed by atoms with Crippen molar-refractivity contribution in [3.8, 4) is 11.8 Å². The van der Waals surface area contributed by atoms with Crippen LogP contribution in [-0.2, 0) is 9.53 Å². The lowest BCUT2D eigenvalue weighted by Crippen LogP contribution is -2.01. The van der Waals surface area contributed by atoms with Crippen molar-refractivity contribution in [3.05, 3.63) is 35.6 Å². The van der Waals surface area contributed by atoms with Crippen LogP contribution in [0.25, 0.3) is 0 Å². The van der Waals surface area contributed by atoms with Gasteiger partial charge in [0.25, 0.3) is 0 Å². The second-order valence-corrected chi connectivity index (χ2v) is 2.83. The van der Waals surface area contributed by atoms with Crippen LogP contribution in [0.5, 0.6) is 0 Å². The number of halogens is 1. The number of carbonyl (C=O) groups excluding carboxylic acids is 1. The van der Waals surface area contributed by atoms with E-state index in [-0.39, 0.29) is 18.4 Å². The van der Waals surface area contributed by atoms with Crippen molar-refractivity contribution in [1.29, 1.82) is 0 Å². The van der Waals surface area contributed by atoms with Crippen LogP contribution < -0.4 is 0 Å². The maximum atomic E-state index is 12.7. The van der Waals surface area contributed by atoms with Crippen LogP contribution in [0.3, 0.4) is 0 Å². The summed E-state index contributed by atoms with van der Waals surface area (Å²) >= 11 is 0. The van der Waals surface area contributed by atoms with Gasteiger partial charge in [-0.05, 0) is 18.2 Å². The van der Waals surface area contributed by atoms with E-state index in [1.807, 2.05) is 0 Å². The van der Waals surface area contributed by atoms with Gasteiger partial charge in [0, 0.05) is 12.0 Å². The number of carbonyl (C=O) groups is 1. The maximum Gasteiger partial charge on any atom is 0.306 e. The topological polar surface area (TPSA) is 26.3 Å². The fraction of sp³-hybridized carbons (Fsp3) is 0.250. The Labute approximate surface area is 88.1 Å². The number of esters is 1. The minimum atomic E-state index is -0.327. The second kappa shape index (κ2) is 5.82. The quantitative estimate of drug-likeness (QED) is 0.547. The van der Waals surface area contributed by atoms with Crippen LogP contribution in [0.1, 0.15) is 18.9 Å². The number of benzene rings is 1. The maximum absolute atomic E-state index is 12.7. The molecule has 2 nitrogen and oxygen atoms in total. The van der Waals surface area contributed by atoms with Crippen molar-refractivity contribution >= 4 is 5.97 Å². The third-order valence-corrected chi connectivity index (χ3v) is 1.65. The van der Waals surface area contributed by atoms with E-state index in [1.165, 1.54) is 12.1 Å². The van der Waals surface area contributed by atoms with Gasteiger partial charge in [-0.1, -0.05) is 24.8 Å². The fourth-order valence-electron chi connectivity index (χ4n) is 0.923. The van der Waals surface area contributed by atoms with Crippen molar-refractivity contribution in [1.82, 2.24) is 0 Å². The van der Waals surface area contributed by atoms with Crippen LogP contribution in [-0.4, -0.2) is 12.6 Å². The van der Waals surface area contributed by atoms with Crippen LogP contribution in [0.4, 0.5) is 4.39 Å². The van der Waals surface area contributed by atoms with E-state index in [0.29, 0.717) is 12.0 Å². The van der Waals surface area contributed by atoms with Crippen molar-refractivity contribution < 1.29 is 13.9 Å². The van der Waals surface area contributed by atoms with Crippen LogP contribution in [0.2, 0.25) is 0 Å². The first-order chi connectivity index (χ1) is 7.22. The molecule has 0 radical (unpaired) electrons. The van der Waals surface area contributed by atoms with Gasteiger partial charge >= 0.3 is 5.97 Å². The lowest BCUT2D eigenvalue weighted by Gasteiger charge is -1.95. The molecule has 0 aliphatic carbocycles. The normalized spacial score (nSPS) is 8.93. The standard InChI is InChI=1S/C12H11FO2/c1-2-12(14)15-8-4-6-10-5-3-7-11(13)9-10/h3,5,7,9H,2,8H2,1H3. The molecule has 0 saturated heterocycles. The average molecular weight is 206 g/mol. The molecule has 78 valence electrons. The molecule has 0 unspecified atom stereocenters. The highest BCUT2D eigenvalue weighted by molar-refractivity contribution is 5.69. The second-order valence-electron chi connectivity index (χ2n) is 2.83. The Morgan fingerprint density at radius 1 is 1.53 bits per heavy atom. The summed E-state index contributed by atoms with van der Waals surface area (Å²) in [7, 11) is 0. The highest BCUT2D eigenvalue weighted by Crippen LogP contribution is 2.00. The highest BCUT2D eigenvalue weighted by Gasteiger charge is 1.94. The van der Waals surface area contributed by atoms with Gasteiger partial charge in [-0.2, -0.15) is 0 Å². The first-order valence-corrected chi connectivity index (χ1v) is 4.62. The summed E-state index contributed by atoms with van der Waals surface area (Å²) < 4.78 is 17.4. The van der Waals surface area contributed by atoms with Gasteiger partial charge in [0.05, 0.1) is 0 Å². The largest absolute Gasteiger partial charge is 0.452 e. The van der Waals surface area contributed by atoms with Gasteiger partial charge in [0.1, 0.15) is 5.82 Å². The average Bonchev–Trinajstić information content (AvgIpc) is 2.24. The molecule has 0 bridgehead atoms. The molecule has 0 N–H and O–H groups in total. The summed E-state index contributed by atoms with van der Waals surface area (Å²) in [6, 6.07) is 5.95. The van der Waals surface area contributed by atoms with Gasteiger partial charge in [0.15, 0.2) is 6.61 Å². The Morgan fingerprint density at radius 2 is 2.33 bits per heavy atom. The summed E-state index contributed by atoms with van der Waals surface area (Å²) in [5.74, 6) is 4.72. The SMILES string of the molecule is CCC(=O)OCC#Cc1cccc(F)c1. The molecule has 0 heterocycles. The monoisotopic (exact) mass is 206 g/mol. The summed E-state index contributed by atoms with van der Waals surface area (Å²) in [5.41, 5.74) is 0.572. The van der Waals surface area contributed by atoms with E-state index in [4.69, 9.17) is 4.74 Å². The number of hydrogen-bond acceptors (Lipinski definition) is 2. The Morgan fingerprint density at radius 3 is 3.00 bits per heavy atom. The van der Waals surface area contributed by atoms with Crippen LogP contribution >= 0.6 is 0 Å². The first kappa shape index (κ1) is 11.3. The number of rotatable bonds is 2. The van der Waals surface area contributed by atoms with Crippen LogP contribution in [0.15, 0.2) is 24.3 Å². The van der Waals surface area contributed by atoms with Gasteiger partial charge in [-0.15, -0.1) is 0 Å². The summed E-state index contributed by atoms with van der Waals surface area (Å²) in [6.45, 7) is 1.76. The van der Waals surface area contributed by atoms with Crippen molar-refractivity contribution in [2.75, 3.05) is 6.61 Å². The van der Waals surface area contributed by atoms with E-state index >= 15 is 0 Å². The van der Waals surface area contributed by atoms with Gasteiger partial charge in [-0.3, -0.25) is 4.79 Å². The third kappa shape index (κ3) is 4.28. The molecular formula is C12H11FO2. The molecule has 0 amide bonds. The lowest BCUT2D eigenvalue weighted by molar-refractivity contribution is -0.141. The Kier molecular flexibility index (Phi) is 4.36. The predicted molar refractivity (Wildman–Crippen MR) is 54.5 cm³/mol. The molecule has 1 aromatic carbocycles. The van der Waals surface area contributed by atoms with Crippen molar-refractivity contribution in [3.63, 3.8) is 0 Å². The van der Waals surface area contributed by atoms with Gasteiger partial charge in [0.2, 0.25) is 0 Å². The molecule has 0 fully saturated rings. The Hall–Kier alpha value is -1.82. The minimum absolute atomic E-state index is 0.0448. The summed E-state index contributed by atoms with van der Waals surface area (Å²) in [5, 5.41) is 0. The predicted octanol–water partition coefficient (Wildman–Crippen LogP) is 2.13. The van der Waals surface area contributed by atoms with Gasteiger partial charge in [-0.25, -0.2) is 4.39 Å². The first-order valence-electron chi connectivity index (χ1n) is 4.62. The van der Waals surface area contributed by atoms with Gasteiger partial charge < -0.3 is 4.74 Å². The molecule has 1 aromatic rings. The molecule has 0 atom stereocenters. The zero-order valence-electron chi connectivity index (χ0n) is 8.42. The molecule has 0 aliphatic rings. The molecule has 3 heteroatoms. The molecule has 0 aromatic heterocycles. The number of ether oxygens (including phenoxy) is 1. The van der Waals surface area contributed by atoms with E-state index in [0.717, 1.165) is 0 Å². The zero-order chi connectivity index (χ0) is 11.1. The molecule has 0 aliphatic heterocycles. The highest BCUT2D eigenvalue weighted by atomic mass is 19.1. The van der Waals surface area contributed by atoms with E-state index < -0.39 is 0 Å². The zero-order valence-corrected chi connectivity index (χ0v) is 8.42.